The molecule has 2 aromatic carbocycles. The van der Waals surface area contributed by atoms with Gasteiger partial charge in [0.1, 0.15) is 11.4 Å². The first-order valence-electron chi connectivity index (χ1n) is 12.6. The first kappa shape index (κ1) is 21.6. The Balaban J connectivity index is 1.24. The number of nitrogens with zero attached hydrogens (tertiary/aromatic N) is 3. The monoisotopic (exact) mass is 480 g/mol. The minimum absolute atomic E-state index is 0.0406. The Morgan fingerprint density at radius 1 is 1.08 bits per heavy atom. The topological polar surface area (TPSA) is 81.7 Å². The van der Waals surface area contributed by atoms with Gasteiger partial charge in [-0.3, -0.25) is 4.79 Å². The SMILES string of the molecule is CN1Cc2cc(-c3cnc4[nH]cc(-c5ccc(C(=O)N6CC(O)C6)cc5)c4c3)cc3c2C(CCO3)C1. The van der Waals surface area contributed by atoms with Crippen molar-refractivity contribution in [2.24, 2.45) is 0 Å². The van der Waals surface area contributed by atoms with Crippen molar-refractivity contribution in [3.63, 3.8) is 0 Å². The maximum Gasteiger partial charge on any atom is 0.254 e. The zero-order chi connectivity index (χ0) is 24.4. The van der Waals surface area contributed by atoms with E-state index in [-0.39, 0.29) is 5.91 Å². The average molecular weight is 481 g/mol. The molecule has 0 aliphatic carbocycles. The van der Waals surface area contributed by atoms with Crippen LogP contribution in [0.2, 0.25) is 0 Å². The van der Waals surface area contributed by atoms with Gasteiger partial charge in [0.05, 0.1) is 12.7 Å². The molecule has 4 aromatic rings. The third-order valence-corrected chi connectivity index (χ3v) is 7.79. The molecule has 1 fully saturated rings. The molecule has 3 aliphatic heterocycles. The lowest BCUT2D eigenvalue weighted by atomic mass is 9.84. The second kappa shape index (κ2) is 8.18. The van der Waals surface area contributed by atoms with E-state index in [0.717, 1.165) is 65.2 Å². The Morgan fingerprint density at radius 3 is 2.72 bits per heavy atom. The second-order valence-electron chi connectivity index (χ2n) is 10.3. The van der Waals surface area contributed by atoms with Crippen LogP contribution in [0.15, 0.2) is 54.9 Å². The number of β-amino-alcohol motifs (C(OH)–C–C–N with tert-alkyl or cyclic N) is 1. The molecule has 3 aliphatic rings. The molecular formula is C29H28N4O3. The molecule has 7 heteroatoms. The van der Waals surface area contributed by atoms with Crippen LogP contribution >= 0.6 is 0 Å². The quantitative estimate of drug-likeness (QED) is 0.463. The lowest BCUT2D eigenvalue weighted by molar-refractivity contribution is 0.00590. The molecule has 1 saturated heterocycles. The summed E-state index contributed by atoms with van der Waals surface area (Å²) in [6.45, 7) is 3.61. The van der Waals surface area contributed by atoms with E-state index in [1.165, 1.54) is 11.1 Å². The zero-order valence-corrected chi connectivity index (χ0v) is 20.2. The van der Waals surface area contributed by atoms with Crippen LogP contribution in [0.1, 0.15) is 33.8 Å². The van der Waals surface area contributed by atoms with Crippen molar-refractivity contribution in [1.82, 2.24) is 19.8 Å². The Morgan fingerprint density at radius 2 is 1.92 bits per heavy atom. The molecule has 0 radical (unpaired) electrons. The smallest absolute Gasteiger partial charge is 0.254 e. The number of carbonyl (C=O) groups excluding carboxylic acids is 1. The van der Waals surface area contributed by atoms with Gasteiger partial charge < -0.3 is 24.6 Å². The molecule has 0 bridgehead atoms. The molecule has 2 aromatic heterocycles. The van der Waals surface area contributed by atoms with Crippen molar-refractivity contribution in [1.29, 1.82) is 0 Å². The number of benzene rings is 2. The van der Waals surface area contributed by atoms with Gasteiger partial charge in [-0.2, -0.15) is 0 Å². The predicted octanol–water partition coefficient (Wildman–Crippen LogP) is 4.03. The van der Waals surface area contributed by atoms with Crippen molar-refractivity contribution in [3.8, 4) is 28.0 Å². The zero-order valence-electron chi connectivity index (χ0n) is 20.2. The van der Waals surface area contributed by atoms with Crippen LogP contribution in [-0.4, -0.2) is 70.2 Å². The Bertz CT molecular complexity index is 1490. The number of aromatic amines is 1. The van der Waals surface area contributed by atoms with Gasteiger partial charge in [-0.25, -0.2) is 4.98 Å². The summed E-state index contributed by atoms with van der Waals surface area (Å²) in [5.41, 5.74) is 8.46. The molecule has 36 heavy (non-hydrogen) atoms. The molecule has 7 rings (SSSR count). The highest BCUT2D eigenvalue weighted by Crippen LogP contribution is 2.43. The Kier molecular flexibility index (Phi) is 4.91. The largest absolute Gasteiger partial charge is 0.493 e. The lowest BCUT2D eigenvalue weighted by Gasteiger charge is -2.36. The summed E-state index contributed by atoms with van der Waals surface area (Å²) >= 11 is 0. The molecule has 182 valence electrons. The normalized spacial score (nSPS) is 19.6. The fraction of sp³-hybridized carbons (Fsp3) is 0.310. The van der Waals surface area contributed by atoms with Crippen LogP contribution in [0, 0.1) is 0 Å². The highest BCUT2D eigenvalue weighted by Gasteiger charge is 2.31. The maximum atomic E-state index is 12.6. The fourth-order valence-electron chi connectivity index (χ4n) is 5.93. The molecular weight excluding hydrogens is 452 g/mol. The summed E-state index contributed by atoms with van der Waals surface area (Å²) < 4.78 is 6.11. The highest BCUT2D eigenvalue weighted by atomic mass is 16.5. The number of H-pyrrole nitrogens is 1. The number of likely N-dealkylation sites (N-methyl/N-ethyl adjacent to an activating group) is 1. The van der Waals surface area contributed by atoms with E-state index < -0.39 is 6.10 Å². The van der Waals surface area contributed by atoms with Gasteiger partial charge in [0.15, 0.2) is 0 Å². The van der Waals surface area contributed by atoms with Crippen LogP contribution in [0.25, 0.3) is 33.3 Å². The van der Waals surface area contributed by atoms with E-state index in [1.54, 1.807) is 4.90 Å². The van der Waals surface area contributed by atoms with Crippen molar-refractivity contribution >= 4 is 16.9 Å². The minimum atomic E-state index is -0.399. The first-order valence-corrected chi connectivity index (χ1v) is 12.6. The summed E-state index contributed by atoms with van der Waals surface area (Å²) in [6.07, 6.45) is 4.58. The standard InChI is InChI=1S/C29H28N4O3/c1-32-13-19-6-7-36-26-10-20(8-22(14-32)27(19)26)21-9-24-25(12-31-28(24)30-11-21)17-2-4-18(5-3-17)29(35)33-15-23(34)16-33/h2-5,8-12,19,23,34H,6-7,13-16H2,1H3,(H,30,31). The van der Waals surface area contributed by atoms with E-state index in [4.69, 9.17) is 9.72 Å². The van der Waals surface area contributed by atoms with Gasteiger partial charge in [0.25, 0.3) is 5.91 Å². The number of fused-ring (bicyclic) bond motifs is 1. The summed E-state index contributed by atoms with van der Waals surface area (Å²) in [5.74, 6) is 1.53. The number of likely N-dealkylation sites (tertiary alicyclic amines) is 1. The van der Waals surface area contributed by atoms with Crippen molar-refractivity contribution < 1.29 is 14.6 Å². The van der Waals surface area contributed by atoms with E-state index in [2.05, 4.69) is 35.1 Å². The number of aliphatic hydroxyl groups is 1. The third-order valence-electron chi connectivity index (χ3n) is 7.79. The number of hydrogen-bond acceptors (Lipinski definition) is 5. The molecule has 1 unspecified atom stereocenters. The minimum Gasteiger partial charge on any atom is -0.493 e. The summed E-state index contributed by atoms with van der Waals surface area (Å²) in [6, 6.07) is 14.3. The molecule has 1 amide bonds. The van der Waals surface area contributed by atoms with Crippen LogP contribution in [0.3, 0.4) is 0 Å². The molecule has 5 heterocycles. The maximum absolute atomic E-state index is 12.6. The number of carbonyl (C=O) groups is 1. The van der Waals surface area contributed by atoms with Crippen molar-refractivity contribution in [2.45, 2.75) is 25.0 Å². The van der Waals surface area contributed by atoms with Crippen LogP contribution in [0.5, 0.6) is 5.75 Å². The fourth-order valence-corrected chi connectivity index (χ4v) is 5.93. The second-order valence-corrected chi connectivity index (χ2v) is 10.3. The van der Waals surface area contributed by atoms with Crippen LogP contribution < -0.4 is 4.74 Å². The van der Waals surface area contributed by atoms with E-state index in [1.807, 2.05) is 36.7 Å². The van der Waals surface area contributed by atoms with Crippen LogP contribution in [0.4, 0.5) is 0 Å². The van der Waals surface area contributed by atoms with E-state index in [9.17, 15) is 9.90 Å². The number of aromatic nitrogens is 2. The molecule has 1 atom stereocenters. The lowest BCUT2D eigenvalue weighted by Crippen LogP contribution is -2.53. The van der Waals surface area contributed by atoms with Crippen molar-refractivity contribution in [2.75, 3.05) is 33.3 Å². The van der Waals surface area contributed by atoms with Gasteiger partial charge in [-0.1, -0.05) is 12.1 Å². The van der Waals surface area contributed by atoms with Gasteiger partial charge in [-0.15, -0.1) is 0 Å². The summed E-state index contributed by atoms with van der Waals surface area (Å²) in [7, 11) is 2.19. The van der Waals surface area contributed by atoms with Gasteiger partial charge in [0, 0.05) is 72.1 Å². The van der Waals surface area contributed by atoms with E-state index in [0.29, 0.717) is 24.6 Å². The Labute approximate surface area is 209 Å². The third kappa shape index (κ3) is 3.50. The molecule has 7 nitrogen and oxygen atoms in total. The number of nitrogens with one attached hydrogen (secondary N) is 1. The number of ether oxygens (including phenoxy) is 1. The first-order chi connectivity index (χ1) is 17.5. The van der Waals surface area contributed by atoms with Gasteiger partial charge in [-0.05, 0) is 60.5 Å². The number of hydrogen-bond donors (Lipinski definition) is 2. The van der Waals surface area contributed by atoms with Crippen molar-refractivity contribution in [3.05, 3.63) is 71.5 Å². The number of amides is 1. The van der Waals surface area contributed by atoms with Crippen LogP contribution in [-0.2, 0) is 6.54 Å². The van der Waals surface area contributed by atoms with E-state index >= 15 is 0 Å². The molecule has 0 saturated carbocycles. The molecule has 2 N–H and O–H groups in total. The van der Waals surface area contributed by atoms with Gasteiger partial charge >= 0.3 is 0 Å². The number of rotatable bonds is 3. The molecule has 0 spiro atoms. The average Bonchev–Trinajstić information content (AvgIpc) is 3.29. The predicted molar refractivity (Wildman–Crippen MR) is 138 cm³/mol. The number of aliphatic hydroxyl groups excluding tert-OH is 1. The summed E-state index contributed by atoms with van der Waals surface area (Å²) in [4.78, 5) is 24.6. The highest BCUT2D eigenvalue weighted by molar-refractivity contribution is 5.98. The van der Waals surface area contributed by atoms with Gasteiger partial charge in [0.2, 0.25) is 0 Å². The summed E-state index contributed by atoms with van der Waals surface area (Å²) in [5, 5.41) is 10.5. The number of pyridine rings is 1. The Hall–Kier alpha value is -3.68.